The second-order valence-electron chi connectivity index (χ2n) is 6.88. The van der Waals surface area contributed by atoms with Crippen molar-refractivity contribution in [2.75, 3.05) is 13.7 Å². The average molecular weight is 372 g/mol. The van der Waals surface area contributed by atoms with Crippen LogP contribution in [0, 0.1) is 5.82 Å². The molecular weight excluding hydrogens is 351 g/mol. The summed E-state index contributed by atoms with van der Waals surface area (Å²) in [6.07, 6.45) is 1.96. The van der Waals surface area contributed by atoms with Crippen LogP contribution < -0.4 is 0 Å². The lowest BCUT2D eigenvalue weighted by molar-refractivity contribution is -0.0650. The van der Waals surface area contributed by atoms with Gasteiger partial charge in [-0.15, -0.1) is 0 Å². The highest BCUT2D eigenvalue weighted by Crippen LogP contribution is 2.41. The van der Waals surface area contributed by atoms with Gasteiger partial charge in [-0.25, -0.2) is 4.39 Å². The summed E-state index contributed by atoms with van der Waals surface area (Å²) in [5.41, 5.74) is 2.11. The van der Waals surface area contributed by atoms with Crippen molar-refractivity contribution in [3.8, 4) is 0 Å². The number of ether oxygens (including phenoxy) is 2. The Balaban J connectivity index is 1.66. The van der Waals surface area contributed by atoms with E-state index in [1.165, 1.54) is 17.8 Å². The van der Waals surface area contributed by atoms with Gasteiger partial charge in [-0.3, -0.25) is 4.79 Å². The largest absolute Gasteiger partial charge is 0.375 e. The van der Waals surface area contributed by atoms with Crippen molar-refractivity contribution in [2.24, 2.45) is 0 Å². The van der Waals surface area contributed by atoms with Gasteiger partial charge in [0.25, 0.3) is 0 Å². The van der Waals surface area contributed by atoms with Crippen LogP contribution >= 0.6 is 11.8 Å². The molecule has 1 saturated heterocycles. The van der Waals surface area contributed by atoms with E-state index in [1.807, 2.05) is 31.2 Å². The Morgan fingerprint density at radius 3 is 2.77 bits per heavy atom. The molecule has 2 unspecified atom stereocenters. The fourth-order valence-electron chi connectivity index (χ4n) is 3.99. The van der Waals surface area contributed by atoms with E-state index in [9.17, 15) is 9.18 Å². The van der Waals surface area contributed by atoms with Crippen LogP contribution in [0.1, 0.15) is 41.3 Å². The summed E-state index contributed by atoms with van der Waals surface area (Å²) < 4.78 is 25.8. The third kappa shape index (κ3) is 2.98. The second kappa shape index (κ2) is 6.80. The lowest BCUT2D eigenvalue weighted by atomic mass is 9.87. The van der Waals surface area contributed by atoms with E-state index in [4.69, 9.17) is 9.47 Å². The number of aryl methyl sites for hydroxylation is 1. The number of methoxy groups -OCH3 is 1. The molecule has 0 aromatic heterocycles. The molecule has 26 heavy (non-hydrogen) atoms. The first-order chi connectivity index (χ1) is 12.5. The average Bonchev–Trinajstić information content (AvgIpc) is 3.18. The molecule has 0 saturated carbocycles. The summed E-state index contributed by atoms with van der Waals surface area (Å²) in [5, 5.41) is 0. The van der Waals surface area contributed by atoms with Gasteiger partial charge >= 0.3 is 0 Å². The smallest absolute Gasteiger partial charge is 0.163 e. The minimum atomic E-state index is -0.609. The zero-order valence-corrected chi connectivity index (χ0v) is 15.7. The molecule has 2 atom stereocenters. The molecule has 0 spiro atoms. The highest BCUT2D eigenvalue weighted by molar-refractivity contribution is 7.99. The number of Topliss-reactive ketones (excluding diaryl/α,β-unsaturated/α-hetero) is 1. The Morgan fingerprint density at radius 1 is 1.19 bits per heavy atom. The van der Waals surface area contributed by atoms with Crippen LogP contribution in [0.5, 0.6) is 0 Å². The van der Waals surface area contributed by atoms with Crippen LogP contribution in [0.4, 0.5) is 4.39 Å². The maximum atomic E-state index is 14.3. The van der Waals surface area contributed by atoms with E-state index in [2.05, 4.69) is 0 Å². The molecule has 1 aliphatic carbocycles. The van der Waals surface area contributed by atoms with Gasteiger partial charge in [0.15, 0.2) is 5.78 Å². The standard InChI is InChI=1S/C21H21FO3S/c1-13-21(24-2,7-8-25-13)15-10-16(22)12-18(11-15)26-17-4-5-19-14(9-17)3-6-20(19)23/h4-5,9-13H,3,6-8H2,1-2H3. The van der Waals surface area contributed by atoms with Crippen LogP contribution in [0.3, 0.4) is 0 Å². The third-order valence-corrected chi connectivity index (χ3v) is 6.42. The van der Waals surface area contributed by atoms with E-state index in [0.717, 1.165) is 32.9 Å². The van der Waals surface area contributed by atoms with Crippen molar-refractivity contribution in [1.82, 2.24) is 0 Å². The number of ketones is 1. The fourth-order valence-corrected chi connectivity index (χ4v) is 4.95. The second-order valence-corrected chi connectivity index (χ2v) is 8.02. The van der Waals surface area contributed by atoms with Crippen molar-refractivity contribution < 1.29 is 18.7 Å². The summed E-state index contributed by atoms with van der Waals surface area (Å²) in [7, 11) is 1.65. The summed E-state index contributed by atoms with van der Waals surface area (Å²) >= 11 is 1.50. The lowest BCUT2D eigenvalue weighted by Gasteiger charge is -2.31. The van der Waals surface area contributed by atoms with Crippen LogP contribution in [0.15, 0.2) is 46.2 Å². The monoisotopic (exact) mass is 372 g/mol. The Bertz CT molecular complexity index is 866. The molecule has 4 rings (SSSR count). The lowest BCUT2D eigenvalue weighted by Crippen LogP contribution is -2.35. The van der Waals surface area contributed by atoms with E-state index in [0.29, 0.717) is 19.4 Å². The zero-order valence-electron chi connectivity index (χ0n) is 14.9. The van der Waals surface area contributed by atoms with Crippen LogP contribution in [-0.2, 0) is 21.5 Å². The first kappa shape index (κ1) is 17.7. The first-order valence-electron chi connectivity index (χ1n) is 8.83. The van der Waals surface area contributed by atoms with Crippen molar-refractivity contribution in [3.63, 3.8) is 0 Å². The molecule has 5 heteroatoms. The van der Waals surface area contributed by atoms with Gasteiger partial charge in [0.05, 0.1) is 12.7 Å². The van der Waals surface area contributed by atoms with Crippen LogP contribution in [0.2, 0.25) is 0 Å². The predicted molar refractivity (Wildman–Crippen MR) is 98.3 cm³/mol. The van der Waals surface area contributed by atoms with Gasteiger partial charge in [0, 0.05) is 35.3 Å². The highest BCUT2D eigenvalue weighted by Gasteiger charge is 2.43. The summed E-state index contributed by atoms with van der Waals surface area (Å²) in [6.45, 7) is 2.57. The quantitative estimate of drug-likeness (QED) is 0.775. The number of benzene rings is 2. The molecule has 1 heterocycles. The number of carbonyl (C=O) groups is 1. The number of rotatable bonds is 4. The molecule has 1 aliphatic heterocycles. The highest BCUT2D eigenvalue weighted by atomic mass is 32.2. The molecule has 1 fully saturated rings. The van der Waals surface area contributed by atoms with Gasteiger partial charge in [-0.2, -0.15) is 0 Å². The number of fused-ring (bicyclic) bond motifs is 1. The SMILES string of the molecule is COC1(c2cc(F)cc(Sc3ccc4c(c3)CCC4=O)c2)CCOC1C. The van der Waals surface area contributed by atoms with Crippen molar-refractivity contribution in [2.45, 2.75) is 47.7 Å². The van der Waals surface area contributed by atoms with Gasteiger partial charge in [0.2, 0.25) is 0 Å². The third-order valence-electron chi connectivity index (χ3n) is 5.46. The zero-order chi connectivity index (χ0) is 18.3. The maximum Gasteiger partial charge on any atom is 0.163 e. The minimum Gasteiger partial charge on any atom is -0.375 e. The van der Waals surface area contributed by atoms with Gasteiger partial charge in [-0.05, 0) is 54.8 Å². The van der Waals surface area contributed by atoms with Crippen LogP contribution in [-0.4, -0.2) is 25.6 Å². The Hall–Kier alpha value is -1.69. The molecule has 0 N–H and O–H groups in total. The molecule has 2 aliphatic rings. The first-order valence-corrected chi connectivity index (χ1v) is 9.65. The van der Waals surface area contributed by atoms with E-state index in [1.54, 1.807) is 13.2 Å². The molecule has 0 radical (unpaired) electrons. The number of hydrogen-bond donors (Lipinski definition) is 0. The molecule has 2 aromatic rings. The number of carbonyl (C=O) groups excluding carboxylic acids is 1. The Labute approximate surface area is 156 Å². The van der Waals surface area contributed by atoms with Gasteiger partial charge in [0.1, 0.15) is 11.4 Å². The van der Waals surface area contributed by atoms with Crippen molar-refractivity contribution in [3.05, 3.63) is 58.9 Å². The van der Waals surface area contributed by atoms with Gasteiger partial charge < -0.3 is 9.47 Å². The van der Waals surface area contributed by atoms with Crippen LogP contribution in [0.25, 0.3) is 0 Å². The minimum absolute atomic E-state index is 0.127. The Morgan fingerprint density at radius 2 is 2.04 bits per heavy atom. The topological polar surface area (TPSA) is 35.5 Å². The van der Waals surface area contributed by atoms with Crippen molar-refractivity contribution in [1.29, 1.82) is 0 Å². The molecule has 3 nitrogen and oxygen atoms in total. The summed E-state index contributed by atoms with van der Waals surface area (Å²) in [6, 6.07) is 10.9. The van der Waals surface area contributed by atoms with Gasteiger partial charge in [-0.1, -0.05) is 17.8 Å². The molecule has 0 bridgehead atoms. The predicted octanol–water partition coefficient (Wildman–Crippen LogP) is 4.76. The summed E-state index contributed by atoms with van der Waals surface area (Å²) in [5.74, 6) is -0.0706. The number of hydrogen-bond acceptors (Lipinski definition) is 4. The maximum absolute atomic E-state index is 14.3. The normalized spacial score (nSPS) is 24.9. The van der Waals surface area contributed by atoms with E-state index in [-0.39, 0.29) is 17.7 Å². The number of halogens is 1. The summed E-state index contributed by atoms with van der Waals surface area (Å²) in [4.78, 5) is 13.6. The molecule has 0 amide bonds. The van der Waals surface area contributed by atoms with E-state index < -0.39 is 5.60 Å². The molecular formula is C21H21FO3S. The Kier molecular flexibility index (Phi) is 4.63. The molecule has 136 valence electrons. The van der Waals surface area contributed by atoms with E-state index >= 15 is 0 Å². The van der Waals surface area contributed by atoms with Crippen molar-refractivity contribution >= 4 is 17.5 Å². The molecule has 2 aromatic carbocycles. The fraction of sp³-hybridized carbons (Fsp3) is 0.381.